The van der Waals surface area contributed by atoms with Crippen molar-refractivity contribution in [3.63, 3.8) is 0 Å². The van der Waals surface area contributed by atoms with Crippen LogP contribution >= 0.6 is 11.3 Å². The van der Waals surface area contributed by atoms with Crippen molar-refractivity contribution in [3.05, 3.63) is 28.7 Å². The van der Waals surface area contributed by atoms with Crippen LogP contribution in [-0.2, 0) is 0 Å². The summed E-state index contributed by atoms with van der Waals surface area (Å²) in [7, 11) is 0. The predicted octanol–water partition coefficient (Wildman–Crippen LogP) is 2.02. The molecule has 1 aromatic heterocycles. The molecule has 54 valence electrons. The van der Waals surface area contributed by atoms with Crippen LogP contribution in [0.1, 0.15) is 4.88 Å². The van der Waals surface area contributed by atoms with E-state index in [1.807, 2.05) is 17.5 Å². The molecule has 0 bridgehead atoms. The SMILES string of the molecule is NCC(=CF)c1cccs1. The van der Waals surface area contributed by atoms with Crippen molar-refractivity contribution >= 4 is 16.9 Å². The molecule has 0 spiro atoms. The summed E-state index contributed by atoms with van der Waals surface area (Å²) >= 11 is 1.49. The Morgan fingerprint density at radius 2 is 2.60 bits per heavy atom. The Labute approximate surface area is 63.0 Å². The van der Waals surface area contributed by atoms with Crippen LogP contribution < -0.4 is 5.73 Å². The maximum atomic E-state index is 12.0. The van der Waals surface area contributed by atoms with E-state index in [9.17, 15) is 4.39 Å². The predicted molar refractivity (Wildman–Crippen MR) is 42.5 cm³/mol. The third-order valence-corrected chi connectivity index (χ3v) is 2.13. The second-order valence-corrected chi connectivity index (χ2v) is 2.76. The zero-order chi connectivity index (χ0) is 7.40. The molecule has 0 fully saturated rings. The van der Waals surface area contributed by atoms with Crippen LogP contribution in [0, 0.1) is 0 Å². The van der Waals surface area contributed by atoms with Gasteiger partial charge in [0.25, 0.3) is 0 Å². The average Bonchev–Trinajstić information content (AvgIpc) is 2.43. The van der Waals surface area contributed by atoms with Gasteiger partial charge in [-0.1, -0.05) is 6.07 Å². The van der Waals surface area contributed by atoms with Crippen molar-refractivity contribution in [1.29, 1.82) is 0 Å². The van der Waals surface area contributed by atoms with Crippen molar-refractivity contribution in [2.45, 2.75) is 0 Å². The summed E-state index contributed by atoms with van der Waals surface area (Å²) in [5.74, 6) is 0. The highest BCUT2D eigenvalue weighted by molar-refractivity contribution is 7.11. The smallest absolute Gasteiger partial charge is 0.0925 e. The lowest BCUT2D eigenvalue weighted by Gasteiger charge is -1.94. The first kappa shape index (κ1) is 7.44. The standard InChI is InChI=1S/C7H8FNS/c8-4-6(5-9)7-2-1-3-10-7/h1-4H,5,9H2. The van der Waals surface area contributed by atoms with Crippen molar-refractivity contribution in [2.24, 2.45) is 5.73 Å². The van der Waals surface area contributed by atoms with Gasteiger partial charge < -0.3 is 5.73 Å². The molecular weight excluding hydrogens is 149 g/mol. The fourth-order valence-corrected chi connectivity index (χ4v) is 1.40. The summed E-state index contributed by atoms with van der Waals surface area (Å²) < 4.78 is 12.0. The van der Waals surface area contributed by atoms with Gasteiger partial charge in [0.1, 0.15) is 0 Å². The first-order chi connectivity index (χ1) is 4.88. The lowest BCUT2D eigenvalue weighted by atomic mass is 10.2. The highest BCUT2D eigenvalue weighted by Crippen LogP contribution is 2.18. The van der Waals surface area contributed by atoms with Crippen molar-refractivity contribution in [1.82, 2.24) is 0 Å². The summed E-state index contributed by atoms with van der Waals surface area (Å²) in [6.45, 7) is 0.261. The summed E-state index contributed by atoms with van der Waals surface area (Å²) in [4.78, 5) is 0.907. The molecule has 1 rings (SSSR count). The summed E-state index contributed by atoms with van der Waals surface area (Å²) in [6, 6.07) is 3.72. The van der Waals surface area contributed by atoms with E-state index in [1.54, 1.807) is 0 Å². The van der Waals surface area contributed by atoms with E-state index in [-0.39, 0.29) is 6.54 Å². The van der Waals surface area contributed by atoms with Crippen LogP contribution in [0.25, 0.3) is 5.57 Å². The highest BCUT2D eigenvalue weighted by Gasteiger charge is 1.98. The quantitative estimate of drug-likeness (QED) is 0.698. The minimum absolute atomic E-state index is 0.261. The topological polar surface area (TPSA) is 26.0 Å². The van der Waals surface area contributed by atoms with Crippen LogP contribution in [0.15, 0.2) is 23.8 Å². The Morgan fingerprint density at radius 1 is 1.80 bits per heavy atom. The largest absolute Gasteiger partial charge is 0.326 e. The number of hydrogen-bond acceptors (Lipinski definition) is 2. The van der Waals surface area contributed by atoms with Crippen molar-refractivity contribution in [3.8, 4) is 0 Å². The lowest BCUT2D eigenvalue weighted by molar-refractivity contribution is 0.722. The fraction of sp³-hybridized carbons (Fsp3) is 0.143. The van der Waals surface area contributed by atoms with E-state index in [0.29, 0.717) is 11.9 Å². The van der Waals surface area contributed by atoms with Crippen molar-refractivity contribution in [2.75, 3.05) is 6.54 Å². The van der Waals surface area contributed by atoms with Gasteiger partial charge in [0.15, 0.2) is 0 Å². The van der Waals surface area contributed by atoms with Gasteiger partial charge in [0.05, 0.1) is 6.33 Å². The molecule has 1 nitrogen and oxygen atoms in total. The zero-order valence-electron chi connectivity index (χ0n) is 5.38. The van der Waals surface area contributed by atoms with Crippen LogP contribution in [0.5, 0.6) is 0 Å². The van der Waals surface area contributed by atoms with E-state index in [2.05, 4.69) is 0 Å². The summed E-state index contributed by atoms with van der Waals surface area (Å²) in [5, 5.41) is 1.90. The van der Waals surface area contributed by atoms with E-state index < -0.39 is 0 Å². The number of halogens is 1. The summed E-state index contributed by atoms with van der Waals surface area (Å²) in [6.07, 6.45) is 0.561. The molecule has 0 atom stereocenters. The first-order valence-electron chi connectivity index (χ1n) is 2.91. The van der Waals surface area contributed by atoms with Gasteiger partial charge in [0, 0.05) is 17.0 Å². The van der Waals surface area contributed by atoms with E-state index in [0.717, 1.165) is 4.88 Å². The zero-order valence-corrected chi connectivity index (χ0v) is 6.20. The molecule has 1 heterocycles. The minimum atomic E-state index is 0.261. The number of hydrogen-bond donors (Lipinski definition) is 1. The second-order valence-electron chi connectivity index (χ2n) is 1.82. The van der Waals surface area contributed by atoms with Gasteiger partial charge in [0.2, 0.25) is 0 Å². The molecule has 0 aliphatic carbocycles. The van der Waals surface area contributed by atoms with Gasteiger partial charge in [-0.3, -0.25) is 0 Å². The Morgan fingerprint density at radius 3 is 3.00 bits per heavy atom. The normalized spacial score (nSPS) is 12.0. The second kappa shape index (κ2) is 3.49. The molecule has 1 aromatic rings. The Kier molecular flexibility index (Phi) is 2.59. The van der Waals surface area contributed by atoms with E-state index >= 15 is 0 Å². The molecule has 0 saturated carbocycles. The molecule has 10 heavy (non-hydrogen) atoms. The van der Waals surface area contributed by atoms with Gasteiger partial charge in [-0.05, 0) is 11.4 Å². The van der Waals surface area contributed by atoms with E-state index in [1.165, 1.54) is 11.3 Å². The fourth-order valence-electron chi connectivity index (χ4n) is 0.660. The molecule has 0 amide bonds. The van der Waals surface area contributed by atoms with Crippen LogP contribution in [-0.4, -0.2) is 6.54 Å². The molecule has 0 aromatic carbocycles. The van der Waals surface area contributed by atoms with Crippen molar-refractivity contribution < 1.29 is 4.39 Å². The molecule has 0 aliphatic heterocycles. The lowest BCUT2D eigenvalue weighted by Crippen LogP contribution is -1.99. The number of thiophene rings is 1. The van der Waals surface area contributed by atoms with Crippen LogP contribution in [0.2, 0.25) is 0 Å². The Balaban J connectivity index is 2.85. The van der Waals surface area contributed by atoms with Gasteiger partial charge in [-0.15, -0.1) is 11.3 Å². The maximum Gasteiger partial charge on any atom is 0.0925 e. The maximum absolute atomic E-state index is 12.0. The Bertz CT molecular complexity index is 216. The molecule has 0 aliphatic rings. The molecule has 0 radical (unpaired) electrons. The average molecular weight is 157 g/mol. The van der Waals surface area contributed by atoms with Gasteiger partial charge >= 0.3 is 0 Å². The third-order valence-electron chi connectivity index (χ3n) is 1.19. The Hall–Kier alpha value is -0.670. The van der Waals surface area contributed by atoms with E-state index in [4.69, 9.17) is 5.73 Å². The van der Waals surface area contributed by atoms with Gasteiger partial charge in [-0.25, -0.2) is 4.39 Å². The van der Waals surface area contributed by atoms with Crippen LogP contribution in [0.4, 0.5) is 4.39 Å². The highest BCUT2D eigenvalue weighted by atomic mass is 32.1. The third kappa shape index (κ3) is 1.43. The number of nitrogens with two attached hydrogens (primary N) is 1. The molecule has 0 unspecified atom stereocenters. The summed E-state index contributed by atoms with van der Waals surface area (Å²) in [5.41, 5.74) is 5.84. The molecule has 3 heteroatoms. The van der Waals surface area contributed by atoms with Gasteiger partial charge in [-0.2, -0.15) is 0 Å². The monoisotopic (exact) mass is 157 g/mol. The minimum Gasteiger partial charge on any atom is -0.326 e. The number of rotatable bonds is 2. The first-order valence-corrected chi connectivity index (χ1v) is 3.79. The molecular formula is C7H8FNS. The molecule has 0 saturated heterocycles. The van der Waals surface area contributed by atoms with Crippen LogP contribution in [0.3, 0.4) is 0 Å². The molecule has 2 N–H and O–H groups in total.